The summed E-state index contributed by atoms with van der Waals surface area (Å²) in [5.74, 6) is 0.989. The molecule has 0 radical (unpaired) electrons. The maximum Gasteiger partial charge on any atom is 0.261 e. The molecule has 0 saturated carbocycles. The van der Waals surface area contributed by atoms with Crippen LogP contribution in [0.25, 0.3) is 0 Å². The summed E-state index contributed by atoms with van der Waals surface area (Å²) in [5.41, 5.74) is 1.45. The zero-order chi connectivity index (χ0) is 20.7. The number of ether oxygens (including phenoxy) is 2. The normalized spacial score (nSPS) is 12.1. The standard InChI is InChI=1S/C20H26N2O5S/c1-5-26-19-8-6-7-16(13-19)14-21-20(23)15(2)27-18-11-9-17(10-12-18)22(3)28(4,24)25/h6-13,15H,5,14H2,1-4H3,(H,21,23)/t15-/m1/s1. The molecule has 0 spiro atoms. The topological polar surface area (TPSA) is 84.9 Å². The molecule has 2 aromatic rings. The largest absolute Gasteiger partial charge is 0.494 e. The Balaban J connectivity index is 1.91. The van der Waals surface area contributed by atoms with E-state index in [0.29, 0.717) is 24.6 Å². The molecule has 7 nitrogen and oxygen atoms in total. The van der Waals surface area contributed by atoms with Gasteiger partial charge in [-0.2, -0.15) is 0 Å². The molecule has 2 aromatic carbocycles. The van der Waals surface area contributed by atoms with Gasteiger partial charge in [-0.3, -0.25) is 9.10 Å². The van der Waals surface area contributed by atoms with Crippen molar-refractivity contribution in [1.82, 2.24) is 5.32 Å². The van der Waals surface area contributed by atoms with Crippen molar-refractivity contribution in [3.63, 3.8) is 0 Å². The van der Waals surface area contributed by atoms with Gasteiger partial charge >= 0.3 is 0 Å². The Morgan fingerprint density at radius 2 is 1.82 bits per heavy atom. The SMILES string of the molecule is CCOc1cccc(CNC(=O)[C@@H](C)Oc2ccc(N(C)S(C)(=O)=O)cc2)c1. The fourth-order valence-electron chi connectivity index (χ4n) is 2.43. The molecule has 0 aliphatic heterocycles. The summed E-state index contributed by atoms with van der Waals surface area (Å²) in [5, 5.41) is 2.83. The fraction of sp³-hybridized carbons (Fsp3) is 0.350. The number of amides is 1. The highest BCUT2D eigenvalue weighted by Gasteiger charge is 2.16. The summed E-state index contributed by atoms with van der Waals surface area (Å²) in [6.07, 6.45) is 0.432. The average Bonchev–Trinajstić information content (AvgIpc) is 2.66. The van der Waals surface area contributed by atoms with Gasteiger partial charge < -0.3 is 14.8 Å². The number of hydrogen-bond acceptors (Lipinski definition) is 5. The summed E-state index contributed by atoms with van der Waals surface area (Å²) < 4.78 is 35.4. The number of nitrogens with one attached hydrogen (secondary N) is 1. The molecule has 0 fully saturated rings. The highest BCUT2D eigenvalue weighted by Crippen LogP contribution is 2.21. The van der Waals surface area contributed by atoms with Gasteiger partial charge in [-0.05, 0) is 55.8 Å². The highest BCUT2D eigenvalue weighted by atomic mass is 32.2. The Hall–Kier alpha value is -2.74. The number of carbonyl (C=O) groups excluding carboxylic acids is 1. The quantitative estimate of drug-likeness (QED) is 0.692. The molecule has 8 heteroatoms. The number of benzene rings is 2. The van der Waals surface area contributed by atoms with Gasteiger partial charge in [-0.1, -0.05) is 12.1 Å². The van der Waals surface area contributed by atoms with Crippen LogP contribution >= 0.6 is 0 Å². The van der Waals surface area contributed by atoms with E-state index in [4.69, 9.17) is 9.47 Å². The van der Waals surface area contributed by atoms with Crippen LogP contribution in [0.15, 0.2) is 48.5 Å². The van der Waals surface area contributed by atoms with E-state index in [1.165, 1.54) is 11.4 Å². The lowest BCUT2D eigenvalue weighted by Crippen LogP contribution is -2.35. The molecule has 2 rings (SSSR count). The van der Waals surface area contributed by atoms with Gasteiger partial charge in [-0.15, -0.1) is 0 Å². The van der Waals surface area contributed by atoms with Gasteiger partial charge in [0.2, 0.25) is 10.0 Å². The predicted octanol–water partition coefficient (Wildman–Crippen LogP) is 2.56. The number of rotatable bonds is 9. The van der Waals surface area contributed by atoms with Crippen molar-refractivity contribution in [2.24, 2.45) is 0 Å². The van der Waals surface area contributed by atoms with Crippen LogP contribution in [-0.2, 0) is 21.4 Å². The van der Waals surface area contributed by atoms with Crippen molar-refractivity contribution in [2.45, 2.75) is 26.5 Å². The van der Waals surface area contributed by atoms with E-state index in [2.05, 4.69) is 5.32 Å². The molecule has 152 valence electrons. The number of nitrogens with zero attached hydrogens (tertiary/aromatic N) is 1. The van der Waals surface area contributed by atoms with Crippen molar-refractivity contribution in [1.29, 1.82) is 0 Å². The van der Waals surface area contributed by atoms with Gasteiger partial charge in [0.1, 0.15) is 11.5 Å². The van der Waals surface area contributed by atoms with E-state index in [9.17, 15) is 13.2 Å². The molecule has 1 amide bonds. The Labute approximate surface area is 166 Å². The Morgan fingerprint density at radius 1 is 1.14 bits per heavy atom. The maximum atomic E-state index is 12.3. The number of anilines is 1. The second-order valence-electron chi connectivity index (χ2n) is 6.28. The molecular weight excluding hydrogens is 380 g/mol. The average molecular weight is 407 g/mol. The summed E-state index contributed by atoms with van der Waals surface area (Å²) in [6, 6.07) is 14.0. The Bertz CT molecular complexity index is 897. The first-order valence-corrected chi connectivity index (χ1v) is 10.8. The second-order valence-corrected chi connectivity index (χ2v) is 8.30. The fourth-order valence-corrected chi connectivity index (χ4v) is 2.93. The molecule has 0 heterocycles. The molecule has 1 atom stereocenters. The molecule has 28 heavy (non-hydrogen) atoms. The van der Waals surface area contributed by atoms with E-state index in [0.717, 1.165) is 17.6 Å². The predicted molar refractivity (Wildman–Crippen MR) is 109 cm³/mol. The van der Waals surface area contributed by atoms with Gasteiger partial charge in [0.25, 0.3) is 5.91 Å². The third kappa shape index (κ3) is 6.16. The van der Waals surface area contributed by atoms with Gasteiger partial charge in [-0.25, -0.2) is 8.42 Å². The van der Waals surface area contributed by atoms with E-state index < -0.39 is 16.1 Å². The van der Waals surface area contributed by atoms with Crippen molar-refractivity contribution in [3.8, 4) is 11.5 Å². The van der Waals surface area contributed by atoms with Gasteiger partial charge in [0, 0.05) is 13.6 Å². The number of hydrogen-bond donors (Lipinski definition) is 1. The number of carbonyl (C=O) groups is 1. The minimum absolute atomic E-state index is 0.251. The van der Waals surface area contributed by atoms with Crippen LogP contribution in [0.4, 0.5) is 5.69 Å². The zero-order valence-corrected chi connectivity index (χ0v) is 17.3. The molecule has 0 aliphatic carbocycles. The van der Waals surface area contributed by atoms with Crippen LogP contribution in [-0.4, -0.2) is 40.3 Å². The smallest absolute Gasteiger partial charge is 0.261 e. The lowest BCUT2D eigenvalue weighted by molar-refractivity contribution is -0.127. The Morgan fingerprint density at radius 3 is 2.43 bits per heavy atom. The minimum atomic E-state index is -3.33. The van der Waals surface area contributed by atoms with Crippen LogP contribution < -0.4 is 19.1 Å². The zero-order valence-electron chi connectivity index (χ0n) is 16.5. The number of sulfonamides is 1. The molecule has 0 bridgehead atoms. The molecular formula is C20H26N2O5S. The van der Waals surface area contributed by atoms with E-state index in [1.807, 2.05) is 31.2 Å². The lowest BCUT2D eigenvalue weighted by Gasteiger charge is -2.18. The first-order valence-electron chi connectivity index (χ1n) is 8.90. The second kappa shape index (κ2) is 9.45. The lowest BCUT2D eigenvalue weighted by atomic mass is 10.2. The first kappa shape index (κ1) is 21.6. The van der Waals surface area contributed by atoms with Crippen molar-refractivity contribution < 1.29 is 22.7 Å². The van der Waals surface area contributed by atoms with E-state index >= 15 is 0 Å². The highest BCUT2D eigenvalue weighted by molar-refractivity contribution is 7.92. The third-order valence-electron chi connectivity index (χ3n) is 4.06. The monoisotopic (exact) mass is 406 g/mol. The molecule has 0 unspecified atom stereocenters. The van der Waals surface area contributed by atoms with Crippen LogP contribution in [0.5, 0.6) is 11.5 Å². The van der Waals surface area contributed by atoms with E-state index in [-0.39, 0.29) is 5.91 Å². The summed E-state index contributed by atoms with van der Waals surface area (Å²) in [4.78, 5) is 12.3. The summed E-state index contributed by atoms with van der Waals surface area (Å²) in [7, 11) is -1.85. The summed E-state index contributed by atoms with van der Waals surface area (Å²) >= 11 is 0. The van der Waals surface area contributed by atoms with Crippen LogP contribution in [0, 0.1) is 0 Å². The van der Waals surface area contributed by atoms with Gasteiger partial charge in [0.15, 0.2) is 6.10 Å². The van der Waals surface area contributed by atoms with Crippen LogP contribution in [0.1, 0.15) is 19.4 Å². The molecule has 1 N–H and O–H groups in total. The van der Waals surface area contributed by atoms with Gasteiger partial charge in [0.05, 0.1) is 18.6 Å². The van der Waals surface area contributed by atoms with Crippen molar-refractivity contribution >= 4 is 21.6 Å². The van der Waals surface area contributed by atoms with E-state index in [1.54, 1.807) is 31.2 Å². The van der Waals surface area contributed by atoms with Crippen molar-refractivity contribution in [3.05, 3.63) is 54.1 Å². The van der Waals surface area contributed by atoms with Crippen LogP contribution in [0.3, 0.4) is 0 Å². The third-order valence-corrected chi connectivity index (χ3v) is 5.26. The maximum absolute atomic E-state index is 12.3. The molecule has 0 saturated heterocycles. The van der Waals surface area contributed by atoms with Crippen molar-refractivity contribution in [2.75, 3.05) is 24.2 Å². The molecule has 0 aliphatic rings. The Kier molecular flexibility index (Phi) is 7.28. The minimum Gasteiger partial charge on any atom is -0.494 e. The first-order chi connectivity index (χ1) is 13.2. The summed E-state index contributed by atoms with van der Waals surface area (Å²) in [6.45, 7) is 4.52. The van der Waals surface area contributed by atoms with Crippen LogP contribution in [0.2, 0.25) is 0 Å². The molecule has 0 aromatic heterocycles.